The van der Waals surface area contributed by atoms with Gasteiger partial charge in [0.05, 0.1) is 0 Å². The number of halogens is 4. The molecular formula is C13H11ClF3N3O2. The van der Waals surface area contributed by atoms with Crippen molar-refractivity contribution in [1.82, 2.24) is 9.78 Å². The van der Waals surface area contributed by atoms with E-state index in [-0.39, 0.29) is 6.61 Å². The lowest BCUT2D eigenvalue weighted by Crippen LogP contribution is -2.19. The monoisotopic (exact) mass is 333 g/mol. The van der Waals surface area contributed by atoms with Gasteiger partial charge in [0.2, 0.25) is 0 Å². The van der Waals surface area contributed by atoms with E-state index in [2.05, 4.69) is 5.10 Å². The fourth-order valence-corrected chi connectivity index (χ4v) is 2.04. The number of ether oxygens (including phenoxy) is 1. The van der Waals surface area contributed by atoms with Crippen LogP contribution in [-0.2, 0) is 24.6 Å². The van der Waals surface area contributed by atoms with Crippen LogP contribution < -0.4 is 5.32 Å². The zero-order chi connectivity index (χ0) is 16.3. The molecule has 0 radical (unpaired) electrons. The summed E-state index contributed by atoms with van der Waals surface area (Å²) in [5.74, 6) is 0. The van der Waals surface area contributed by atoms with Gasteiger partial charge in [-0.1, -0.05) is 41.9 Å². The molecule has 2 aromatic rings. The van der Waals surface area contributed by atoms with Crippen molar-refractivity contribution in [2.45, 2.75) is 12.8 Å². The summed E-state index contributed by atoms with van der Waals surface area (Å²) < 4.78 is 44.1. The maximum atomic E-state index is 12.9. The second kappa shape index (κ2) is 6.27. The predicted octanol–water partition coefficient (Wildman–Crippen LogP) is 3.84. The van der Waals surface area contributed by atoms with Gasteiger partial charge in [0.25, 0.3) is 0 Å². The number of anilines is 1. The third-order valence-corrected chi connectivity index (χ3v) is 2.98. The number of nitrogens with one attached hydrogen (secondary N) is 1. The summed E-state index contributed by atoms with van der Waals surface area (Å²) in [4.78, 5) is 11.6. The third-order valence-electron chi connectivity index (χ3n) is 2.71. The van der Waals surface area contributed by atoms with Crippen LogP contribution >= 0.6 is 11.6 Å². The summed E-state index contributed by atoms with van der Waals surface area (Å²) in [5.41, 5.74) is -1.09. The van der Waals surface area contributed by atoms with Gasteiger partial charge < -0.3 is 4.74 Å². The van der Waals surface area contributed by atoms with E-state index >= 15 is 0 Å². The Morgan fingerprint density at radius 1 is 1.36 bits per heavy atom. The van der Waals surface area contributed by atoms with Crippen LogP contribution in [0.3, 0.4) is 0 Å². The number of alkyl halides is 3. The third kappa shape index (κ3) is 3.70. The Balaban J connectivity index is 2.09. The zero-order valence-electron chi connectivity index (χ0n) is 11.3. The molecular weight excluding hydrogens is 323 g/mol. The van der Waals surface area contributed by atoms with E-state index in [1.54, 1.807) is 30.3 Å². The van der Waals surface area contributed by atoms with E-state index in [1.807, 2.05) is 5.32 Å². The second-order valence-corrected chi connectivity index (χ2v) is 4.68. The Morgan fingerprint density at radius 3 is 2.59 bits per heavy atom. The normalized spacial score (nSPS) is 11.3. The van der Waals surface area contributed by atoms with Crippen LogP contribution in [0.4, 0.5) is 23.7 Å². The molecule has 0 aliphatic heterocycles. The number of aryl methyl sites for hydroxylation is 1. The van der Waals surface area contributed by atoms with E-state index in [4.69, 9.17) is 16.3 Å². The summed E-state index contributed by atoms with van der Waals surface area (Å²) in [5, 5.41) is 4.95. The van der Waals surface area contributed by atoms with Gasteiger partial charge in [-0.3, -0.25) is 10.00 Å². The molecule has 0 bridgehead atoms. The second-order valence-electron chi connectivity index (χ2n) is 4.32. The standard InChI is InChI=1S/C13H11ClF3N3O2/c1-20-10(13(15,16)17)9(11(14)19-20)18-12(21)22-7-8-5-3-2-4-6-8/h2-6H,7H2,1H3,(H,18,21). The van der Waals surface area contributed by atoms with E-state index < -0.39 is 28.8 Å². The average molecular weight is 334 g/mol. The zero-order valence-corrected chi connectivity index (χ0v) is 12.1. The molecule has 9 heteroatoms. The number of rotatable bonds is 3. The molecule has 0 saturated heterocycles. The van der Waals surface area contributed by atoms with Crippen molar-refractivity contribution in [2.24, 2.45) is 7.05 Å². The molecule has 1 N–H and O–H groups in total. The van der Waals surface area contributed by atoms with E-state index in [1.165, 1.54) is 0 Å². The highest BCUT2D eigenvalue weighted by Crippen LogP contribution is 2.38. The van der Waals surface area contributed by atoms with Crippen LogP contribution in [-0.4, -0.2) is 15.9 Å². The molecule has 0 saturated carbocycles. The molecule has 0 aliphatic rings. The number of aromatic nitrogens is 2. The van der Waals surface area contributed by atoms with Crippen LogP contribution in [0.2, 0.25) is 5.15 Å². The molecule has 5 nitrogen and oxygen atoms in total. The molecule has 0 atom stereocenters. The highest BCUT2D eigenvalue weighted by molar-refractivity contribution is 6.32. The van der Waals surface area contributed by atoms with Gasteiger partial charge in [0.1, 0.15) is 12.3 Å². The first-order valence-corrected chi connectivity index (χ1v) is 6.44. The average Bonchev–Trinajstić information content (AvgIpc) is 2.72. The number of amides is 1. The van der Waals surface area contributed by atoms with Gasteiger partial charge in [-0.05, 0) is 5.56 Å². The minimum atomic E-state index is -4.71. The quantitative estimate of drug-likeness (QED) is 0.928. The molecule has 1 amide bonds. The van der Waals surface area contributed by atoms with Crippen LogP contribution in [0.15, 0.2) is 30.3 Å². The Morgan fingerprint density at radius 2 is 2.00 bits per heavy atom. The summed E-state index contributed by atoms with van der Waals surface area (Å²) >= 11 is 5.62. The van der Waals surface area contributed by atoms with Crippen molar-refractivity contribution in [1.29, 1.82) is 0 Å². The van der Waals surface area contributed by atoms with Crippen molar-refractivity contribution in [3.05, 3.63) is 46.7 Å². The molecule has 1 heterocycles. The summed E-state index contributed by atoms with van der Waals surface area (Å²) in [6, 6.07) is 8.71. The summed E-state index contributed by atoms with van der Waals surface area (Å²) in [6.45, 7) is -0.0775. The lowest BCUT2D eigenvalue weighted by molar-refractivity contribution is -0.143. The maximum absolute atomic E-state index is 12.9. The lowest BCUT2D eigenvalue weighted by Gasteiger charge is -2.11. The first-order chi connectivity index (χ1) is 10.3. The van der Waals surface area contributed by atoms with Crippen LogP contribution in [0.5, 0.6) is 0 Å². The number of benzene rings is 1. The van der Waals surface area contributed by atoms with Crippen LogP contribution in [0.25, 0.3) is 0 Å². The molecule has 2 rings (SSSR count). The molecule has 0 spiro atoms. The molecule has 0 aliphatic carbocycles. The Bertz CT molecular complexity index is 671. The summed E-state index contributed by atoms with van der Waals surface area (Å²) in [7, 11) is 1.08. The maximum Gasteiger partial charge on any atom is 0.435 e. The molecule has 0 unspecified atom stereocenters. The Labute approximate surface area is 128 Å². The SMILES string of the molecule is Cn1nc(Cl)c(NC(=O)OCc2ccccc2)c1C(F)(F)F. The van der Waals surface area contributed by atoms with Crippen LogP contribution in [0.1, 0.15) is 11.3 Å². The fourth-order valence-electron chi connectivity index (χ4n) is 1.79. The van der Waals surface area contributed by atoms with Crippen molar-refractivity contribution >= 4 is 23.4 Å². The van der Waals surface area contributed by atoms with Crippen molar-refractivity contribution in [3.63, 3.8) is 0 Å². The van der Waals surface area contributed by atoms with Gasteiger partial charge in [0.15, 0.2) is 10.8 Å². The van der Waals surface area contributed by atoms with Gasteiger partial charge in [-0.15, -0.1) is 0 Å². The van der Waals surface area contributed by atoms with E-state index in [0.717, 1.165) is 7.05 Å². The van der Waals surface area contributed by atoms with Gasteiger partial charge >= 0.3 is 12.3 Å². The largest absolute Gasteiger partial charge is 0.444 e. The van der Waals surface area contributed by atoms with Crippen molar-refractivity contribution < 1.29 is 22.7 Å². The Hall–Kier alpha value is -2.22. The molecule has 1 aromatic carbocycles. The highest BCUT2D eigenvalue weighted by Gasteiger charge is 2.39. The first-order valence-electron chi connectivity index (χ1n) is 6.06. The fraction of sp³-hybridized carbons (Fsp3) is 0.231. The minimum absolute atomic E-state index is 0.0775. The molecule has 118 valence electrons. The molecule has 1 aromatic heterocycles. The first kappa shape index (κ1) is 16.2. The van der Waals surface area contributed by atoms with Crippen LogP contribution in [0, 0.1) is 0 Å². The molecule has 22 heavy (non-hydrogen) atoms. The predicted molar refractivity (Wildman–Crippen MR) is 73.5 cm³/mol. The number of carbonyl (C=O) groups is 1. The van der Waals surface area contributed by atoms with Crippen molar-refractivity contribution in [3.8, 4) is 0 Å². The molecule has 0 fully saturated rings. The van der Waals surface area contributed by atoms with E-state index in [9.17, 15) is 18.0 Å². The van der Waals surface area contributed by atoms with E-state index in [0.29, 0.717) is 10.2 Å². The topological polar surface area (TPSA) is 56.2 Å². The minimum Gasteiger partial charge on any atom is -0.444 e. The smallest absolute Gasteiger partial charge is 0.435 e. The summed E-state index contributed by atoms with van der Waals surface area (Å²) in [6.07, 6.45) is -5.76. The number of nitrogens with zero attached hydrogens (tertiary/aromatic N) is 2. The lowest BCUT2D eigenvalue weighted by atomic mass is 10.2. The number of carbonyl (C=O) groups excluding carboxylic acids is 1. The van der Waals surface area contributed by atoms with Gasteiger partial charge in [0, 0.05) is 7.05 Å². The van der Waals surface area contributed by atoms with Crippen molar-refractivity contribution in [2.75, 3.05) is 5.32 Å². The van der Waals surface area contributed by atoms with Gasteiger partial charge in [-0.25, -0.2) is 4.79 Å². The highest BCUT2D eigenvalue weighted by atomic mass is 35.5. The number of hydrogen-bond donors (Lipinski definition) is 1. The van der Waals surface area contributed by atoms with Gasteiger partial charge in [-0.2, -0.15) is 18.3 Å². The number of hydrogen-bond acceptors (Lipinski definition) is 3. The Kier molecular flexibility index (Phi) is 4.60.